The van der Waals surface area contributed by atoms with Gasteiger partial charge in [0.25, 0.3) is 0 Å². The molecule has 1 aliphatic rings. The number of carbonyl (C=O) groups is 1. The monoisotopic (exact) mass is 428 g/mol. The SMILES string of the molecule is CC(C)(C)C(=O)Oc1ccc2c(c1Cl)OCCC=C2OS(=O)(=O)C(F)(F)F. The molecule has 6 nitrogen and oxygen atoms in total. The predicted octanol–water partition coefficient (Wildman–Crippen LogP) is 4.28. The Morgan fingerprint density at radius 2 is 1.85 bits per heavy atom. The molecule has 0 unspecified atom stereocenters. The van der Waals surface area contributed by atoms with Gasteiger partial charge in [-0.2, -0.15) is 21.6 Å². The highest BCUT2D eigenvalue weighted by molar-refractivity contribution is 7.87. The van der Waals surface area contributed by atoms with Gasteiger partial charge in [-0.05, 0) is 39.0 Å². The van der Waals surface area contributed by atoms with Crippen molar-refractivity contribution < 1.29 is 40.0 Å². The zero-order chi connectivity index (χ0) is 20.6. The third kappa shape index (κ3) is 4.67. The Balaban J connectivity index is 2.44. The van der Waals surface area contributed by atoms with Crippen LogP contribution in [0.5, 0.6) is 11.5 Å². The van der Waals surface area contributed by atoms with E-state index in [4.69, 9.17) is 21.1 Å². The average Bonchev–Trinajstić information content (AvgIpc) is 2.70. The molecule has 1 aromatic carbocycles. The normalized spacial score (nSPS) is 15.1. The van der Waals surface area contributed by atoms with Gasteiger partial charge in [-0.3, -0.25) is 4.79 Å². The smallest absolute Gasteiger partial charge is 0.491 e. The molecule has 0 aromatic heterocycles. The topological polar surface area (TPSA) is 78.9 Å². The van der Waals surface area contributed by atoms with E-state index in [2.05, 4.69) is 4.18 Å². The molecular formula is C16H16ClF3O6S. The Kier molecular flexibility index (Phi) is 5.72. The van der Waals surface area contributed by atoms with Crippen LogP contribution in [-0.2, 0) is 19.1 Å². The third-order valence-corrected chi connectivity index (χ3v) is 4.64. The van der Waals surface area contributed by atoms with Crippen molar-refractivity contribution in [2.24, 2.45) is 5.41 Å². The highest BCUT2D eigenvalue weighted by Gasteiger charge is 2.49. The van der Waals surface area contributed by atoms with Crippen LogP contribution in [0.25, 0.3) is 5.76 Å². The second-order valence-corrected chi connectivity index (χ2v) is 8.50. The standard InChI is InChI=1S/C16H16ClF3O6S/c1-15(2,3)14(21)25-11-7-6-9-10(26-27(22,23)16(18,19)20)5-4-8-24-13(9)12(11)17/h5-7H,4,8H2,1-3H3. The molecule has 0 amide bonds. The number of fused-ring (bicyclic) bond motifs is 1. The van der Waals surface area contributed by atoms with E-state index in [1.54, 1.807) is 20.8 Å². The minimum atomic E-state index is -5.87. The second-order valence-electron chi connectivity index (χ2n) is 6.58. The van der Waals surface area contributed by atoms with Crippen LogP contribution >= 0.6 is 11.6 Å². The van der Waals surface area contributed by atoms with E-state index < -0.39 is 32.8 Å². The number of carbonyl (C=O) groups excluding carboxylic acids is 1. The van der Waals surface area contributed by atoms with E-state index in [0.29, 0.717) is 0 Å². The largest absolute Gasteiger partial charge is 0.534 e. The summed E-state index contributed by atoms with van der Waals surface area (Å²) in [4.78, 5) is 12.0. The van der Waals surface area contributed by atoms with Crippen molar-refractivity contribution >= 4 is 33.4 Å². The van der Waals surface area contributed by atoms with E-state index in [0.717, 1.165) is 6.08 Å². The van der Waals surface area contributed by atoms with Crippen LogP contribution in [0.15, 0.2) is 18.2 Å². The van der Waals surface area contributed by atoms with Gasteiger partial charge in [0, 0.05) is 6.42 Å². The van der Waals surface area contributed by atoms with Crippen molar-refractivity contribution in [3.63, 3.8) is 0 Å². The summed E-state index contributed by atoms with van der Waals surface area (Å²) >= 11 is 6.16. The lowest BCUT2D eigenvalue weighted by atomic mass is 9.97. The minimum absolute atomic E-state index is 0.00230. The molecule has 1 heterocycles. The zero-order valence-electron chi connectivity index (χ0n) is 14.5. The van der Waals surface area contributed by atoms with E-state index in [1.807, 2.05) is 0 Å². The highest BCUT2D eigenvalue weighted by Crippen LogP contribution is 2.43. The summed E-state index contributed by atoms with van der Waals surface area (Å²) in [5, 5.41) is -0.189. The molecule has 27 heavy (non-hydrogen) atoms. The molecule has 0 aliphatic carbocycles. The molecule has 1 aromatic rings. The maximum atomic E-state index is 12.6. The maximum Gasteiger partial charge on any atom is 0.534 e. The van der Waals surface area contributed by atoms with E-state index in [-0.39, 0.29) is 35.1 Å². The Labute approximate surface area is 159 Å². The Morgan fingerprint density at radius 1 is 1.22 bits per heavy atom. The molecule has 11 heteroatoms. The molecule has 0 bridgehead atoms. The summed E-state index contributed by atoms with van der Waals surface area (Å²) in [6.45, 7) is 4.88. The lowest BCUT2D eigenvalue weighted by Crippen LogP contribution is -2.26. The predicted molar refractivity (Wildman–Crippen MR) is 90.7 cm³/mol. The van der Waals surface area contributed by atoms with Crippen LogP contribution in [0.2, 0.25) is 5.02 Å². The first kappa shape index (κ1) is 21.4. The Hall–Kier alpha value is -1.94. The fourth-order valence-electron chi connectivity index (χ4n) is 1.91. The first-order valence-electron chi connectivity index (χ1n) is 7.63. The summed E-state index contributed by atoms with van der Waals surface area (Å²) in [6, 6.07) is 2.42. The fourth-order valence-corrected chi connectivity index (χ4v) is 2.66. The lowest BCUT2D eigenvalue weighted by Gasteiger charge is -2.19. The van der Waals surface area contributed by atoms with Gasteiger partial charge in [0.1, 0.15) is 10.8 Å². The van der Waals surface area contributed by atoms with Crippen LogP contribution in [0, 0.1) is 5.41 Å². The number of benzene rings is 1. The summed E-state index contributed by atoms with van der Waals surface area (Å²) in [5.74, 6) is -1.38. The molecule has 0 saturated heterocycles. The summed E-state index contributed by atoms with van der Waals surface area (Å²) in [6.07, 6.45) is 1.22. The van der Waals surface area contributed by atoms with Crippen LogP contribution in [0.4, 0.5) is 13.2 Å². The quantitative estimate of drug-likeness (QED) is 0.309. The summed E-state index contributed by atoms with van der Waals surface area (Å²) < 4.78 is 75.3. The van der Waals surface area contributed by atoms with Crippen molar-refractivity contribution in [1.82, 2.24) is 0 Å². The van der Waals surface area contributed by atoms with Crippen molar-refractivity contribution in [1.29, 1.82) is 0 Å². The highest BCUT2D eigenvalue weighted by atomic mass is 35.5. The molecule has 0 spiro atoms. The van der Waals surface area contributed by atoms with Gasteiger partial charge in [0.05, 0.1) is 17.6 Å². The van der Waals surface area contributed by atoms with Gasteiger partial charge >= 0.3 is 21.6 Å². The molecule has 0 radical (unpaired) electrons. The number of halogens is 4. The molecule has 0 saturated carbocycles. The number of alkyl halides is 3. The van der Waals surface area contributed by atoms with Crippen LogP contribution < -0.4 is 9.47 Å². The number of hydrogen-bond acceptors (Lipinski definition) is 6. The Bertz CT molecular complexity index is 885. The van der Waals surface area contributed by atoms with E-state index in [9.17, 15) is 26.4 Å². The number of rotatable bonds is 3. The lowest BCUT2D eigenvalue weighted by molar-refractivity contribution is -0.143. The molecule has 1 aliphatic heterocycles. The zero-order valence-corrected chi connectivity index (χ0v) is 16.1. The first-order chi connectivity index (χ1) is 12.2. The molecule has 0 atom stereocenters. The maximum absolute atomic E-state index is 12.6. The second kappa shape index (κ2) is 7.23. The van der Waals surface area contributed by atoms with E-state index in [1.165, 1.54) is 12.1 Å². The van der Waals surface area contributed by atoms with Gasteiger partial charge < -0.3 is 13.7 Å². The van der Waals surface area contributed by atoms with Gasteiger partial charge in [-0.25, -0.2) is 0 Å². The number of ether oxygens (including phenoxy) is 2. The summed E-state index contributed by atoms with van der Waals surface area (Å²) in [5.41, 5.74) is -6.53. The molecule has 150 valence electrons. The fraction of sp³-hybridized carbons (Fsp3) is 0.438. The van der Waals surface area contributed by atoms with Gasteiger partial charge in [-0.1, -0.05) is 11.6 Å². The van der Waals surface area contributed by atoms with E-state index >= 15 is 0 Å². The third-order valence-electron chi connectivity index (χ3n) is 3.32. The van der Waals surface area contributed by atoms with Crippen LogP contribution in [0.3, 0.4) is 0 Å². The van der Waals surface area contributed by atoms with Crippen molar-refractivity contribution in [3.8, 4) is 11.5 Å². The Morgan fingerprint density at radius 3 is 2.41 bits per heavy atom. The number of hydrogen-bond donors (Lipinski definition) is 0. The van der Waals surface area contributed by atoms with Crippen LogP contribution in [0.1, 0.15) is 32.8 Å². The summed E-state index contributed by atoms with van der Waals surface area (Å²) in [7, 11) is -5.87. The number of esters is 1. The van der Waals surface area contributed by atoms with Gasteiger partial charge in [0.15, 0.2) is 11.5 Å². The van der Waals surface area contributed by atoms with Crippen molar-refractivity contribution in [2.75, 3.05) is 6.61 Å². The molecule has 2 rings (SSSR count). The minimum Gasteiger partial charge on any atom is -0.491 e. The van der Waals surface area contributed by atoms with Gasteiger partial charge in [-0.15, -0.1) is 0 Å². The molecule has 0 N–H and O–H groups in total. The first-order valence-corrected chi connectivity index (χ1v) is 9.41. The molecule has 0 fully saturated rings. The van der Waals surface area contributed by atoms with Crippen molar-refractivity contribution in [2.45, 2.75) is 32.7 Å². The van der Waals surface area contributed by atoms with Crippen LogP contribution in [-0.4, -0.2) is 26.5 Å². The van der Waals surface area contributed by atoms with Gasteiger partial charge in [0.2, 0.25) is 0 Å². The average molecular weight is 429 g/mol. The van der Waals surface area contributed by atoms with Crippen molar-refractivity contribution in [3.05, 3.63) is 28.8 Å². The molecular weight excluding hydrogens is 413 g/mol.